The second kappa shape index (κ2) is 6.53. The van der Waals surface area contributed by atoms with Crippen molar-refractivity contribution in [2.45, 2.75) is 19.0 Å². The highest BCUT2D eigenvalue weighted by Crippen LogP contribution is 2.14. The van der Waals surface area contributed by atoms with E-state index in [9.17, 15) is 14.4 Å². The van der Waals surface area contributed by atoms with Gasteiger partial charge in [-0.25, -0.2) is 4.79 Å². The van der Waals surface area contributed by atoms with Crippen LogP contribution in [0.2, 0.25) is 0 Å². The van der Waals surface area contributed by atoms with Crippen LogP contribution in [0.1, 0.15) is 12.0 Å². The highest BCUT2D eigenvalue weighted by Gasteiger charge is 2.38. The summed E-state index contributed by atoms with van der Waals surface area (Å²) in [7, 11) is 1.73. The molecule has 1 unspecified atom stereocenters. The normalized spacial score (nSPS) is 17.0. The lowest BCUT2D eigenvalue weighted by Gasteiger charge is -2.12. The fraction of sp³-hybridized carbons (Fsp3) is 0.250. The number of hydrogen-bond donors (Lipinski definition) is 2. The lowest BCUT2D eigenvalue weighted by atomic mass is 10.2. The Labute approximate surface area is 138 Å². The summed E-state index contributed by atoms with van der Waals surface area (Å²) >= 11 is 0. The Morgan fingerprint density at radius 1 is 1.25 bits per heavy atom. The van der Waals surface area contributed by atoms with Crippen molar-refractivity contribution in [2.24, 2.45) is 7.05 Å². The summed E-state index contributed by atoms with van der Waals surface area (Å²) in [4.78, 5) is 37.5. The van der Waals surface area contributed by atoms with Gasteiger partial charge in [0.1, 0.15) is 6.04 Å². The molecule has 3 rings (SSSR count). The molecule has 0 aliphatic carbocycles. The number of carbonyl (C=O) groups is 3. The van der Waals surface area contributed by atoms with Crippen LogP contribution in [-0.2, 0) is 23.2 Å². The highest BCUT2D eigenvalue weighted by atomic mass is 16.2. The van der Waals surface area contributed by atoms with Crippen molar-refractivity contribution in [3.05, 3.63) is 48.2 Å². The molecule has 0 radical (unpaired) electrons. The Morgan fingerprint density at radius 2 is 2.00 bits per heavy atom. The van der Waals surface area contributed by atoms with Crippen LogP contribution in [-0.4, -0.2) is 38.6 Å². The fourth-order valence-corrected chi connectivity index (χ4v) is 2.49. The number of nitrogens with zero attached hydrogens (tertiary/aromatic N) is 3. The van der Waals surface area contributed by atoms with Gasteiger partial charge in [-0.1, -0.05) is 30.3 Å². The van der Waals surface area contributed by atoms with Crippen LogP contribution in [0.4, 0.5) is 10.6 Å². The molecule has 8 nitrogen and oxygen atoms in total. The summed E-state index contributed by atoms with van der Waals surface area (Å²) in [6.45, 7) is 0.184. The number of aromatic nitrogens is 2. The van der Waals surface area contributed by atoms with E-state index in [2.05, 4.69) is 15.7 Å². The third-order valence-corrected chi connectivity index (χ3v) is 3.66. The van der Waals surface area contributed by atoms with E-state index in [-0.39, 0.29) is 18.9 Å². The van der Waals surface area contributed by atoms with Gasteiger partial charge in [-0.15, -0.1) is 0 Å². The first-order chi connectivity index (χ1) is 11.5. The number of nitrogens with one attached hydrogen (secondary N) is 2. The molecule has 24 heavy (non-hydrogen) atoms. The third-order valence-electron chi connectivity index (χ3n) is 3.66. The van der Waals surface area contributed by atoms with Gasteiger partial charge in [-0.05, 0) is 5.56 Å². The van der Waals surface area contributed by atoms with E-state index in [1.54, 1.807) is 24.0 Å². The summed E-state index contributed by atoms with van der Waals surface area (Å²) in [5, 5.41) is 9.18. The van der Waals surface area contributed by atoms with Crippen LogP contribution in [0.5, 0.6) is 0 Å². The Kier molecular flexibility index (Phi) is 4.28. The van der Waals surface area contributed by atoms with E-state index in [1.807, 2.05) is 30.3 Å². The number of hydrogen-bond acceptors (Lipinski definition) is 4. The number of benzene rings is 1. The zero-order valence-corrected chi connectivity index (χ0v) is 13.1. The first kappa shape index (κ1) is 15.7. The smallest absolute Gasteiger partial charge is 0.325 e. The Hall–Kier alpha value is -3.16. The minimum Gasteiger partial charge on any atom is -0.325 e. The molecule has 1 saturated heterocycles. The minimum atomic E-state index is -0.857. The number of amides is 4. The predicted molar refractivity (Wildman–Crippen MR) is 85.8 cm³/mol. The maximum atomic E-state index is 12.4. The number of imide groups is 1. The molecule has 2 heterocycles. The molecule has 124 valence electrons. The second-order valence-corrected chi connectivity index (χ2v) is 5.54. The van der Waals surface area contributed by atoms with Gasteiger partial charge in [0.2, 0.25) is 5.91 Å². The van der Waals surface area contributed by atoms with Gasteiger partial charge in [0.25, 0.3) is 5.91 Å². The molecule has 0 saturated carbocycles. The van der Waals surface area contributed by atoms with Crippen LogP contribution in [0.3, 0.4) is 0 Å². The van der Waals surface area contributed by atoms with Gasteiger partial charge in [0, 0.05) is 19.3 Å². The summed E-state index contributed by atoms with van der Waals surface area (Å²) < 4.78 is 1.56. The molecule has 0 bridgehead atoms. The number of urea groups is 1. The summed E-state index contributed by atoms with van der Waals surface area (Å²) in [6, 6.07) is 9.51. The summed E-state index contributed by atoms with van der Waals surface area (Å²) in [6.07, 6.45) is 1.56. The fourth-order valence-electron chi connectivity index (χ4n) is 2.49. The average molecular weight is 327 g/mol. The van der Waals surface area contributed by atoms with E-state index in [1.165, 1.54) is 0 Å². The minimum absolute atomic E-state index is 0.133. The molecule has 1 fully saturated rings. The molecule has 4 amide bonds. The van der Waals surface area contributed by atoms with E-state index in [0.29, 0.717) is 5.82 Å². The number of anilines is 1. The number of rotatable bonds is 5. The Morgan fingerprint density at radius 3 is 2.67 bits per heavy atom. The average Bonchev–Trinajstić information content (AvgIpc) is 3.07. The van der Waals surface area contributed by atoms with Crippen LogP contribution >= 0.6 is 0 Å². The SMILES string of the molecule is Cn1ccc(NC(=O)CC2NC(=O)N(Cc3ccccc3)C2=O)n1. The molecule has 1 aromatic heterocycles. The highest BCUT2D eigenvalue weighted by molar-refractivity contribution is 6.06. The van der Waals surface area contributed by atoms with Crippen molar-refractivity contribution >= 4 is 23.7 Å². The first-order valence-corrected chi connectivity index (χ1v) is 7.48. The zero-order chi connectivity index (χ0) is 17.1. The molecule has 1 aliphatic rings. The Bertz CT molecular complexity index is 771. The number of carbonyl (C=O) groups excluding carboxylic acids is 3. The molecule has 8 heteroatoms. The summed E-state index contributed by atoms with van der Waals surface area (Å²) in [5.74, 6) is -0.380. The molecule has 2 aromatic rings. The van der Waals surface area contributed by atoms with Gasteiger partial charge < -0.3 is 10.6 Å². The zero-order valence-electron chi connectivity index (χ0n) is 13.1. The maximum absolute atomic E-state index is 12.4. The van der Waals surface area contributed by atoms with Crippen LogP contribution < -0.4 is 10.6 Å². The molecule has 1 aliphatic heterocycles. The predicted octanol–water partition coefficient (Wildman–Crippen LogP) is 0.869. The standard InChI is InChI=1S/C16H17N5O3/c1-20-8-7-13(19-20)18-14(22)9-12-15(23)21(16(24)17-12)10-11-5-3-2-4-6-11/h2-8,12H,9-10H2,1H3,(H,17,24)(H,18,19,22). The lowest BCUT2D eigenvalue weighted by molar-refractivity contribution is -0.130. The molecule has 0 spiro atoms. The topological polar surface area (TPSA) is 96.3 Å². The van der Waals surface area contributed by atoms with E-state index in [0.717, 1.165) is 10.5 Å². The van der Waals surface area contributed by atoms with Gasteiger partial charge in [-0.3, -0.25) is 19.2 Å². The monoisotopic (exact) mass is 327 g/mol. The van der Waals surface area contributed by atoms with Crippen molar-refractivity contribution < 1.29 is 14.4 Å². The van der Waals surface area contributed by atoms with Crippen molar-refractivity contribution in [3.8, 4) is 0 Å². The molecule has 1 aromatic carbocycles. The van der Waals surface area contributed by atoms with Crippen molar-refractivity contribution in [3.63, 3.8) is 0 Å². The Balaban J connectivity index is 1.60. The first-order valence-electron chi connectivity index (χ1n) is 7.48. The largest absolute Gasteiger partial charge is 0.325 e. The van der Waals surface area contributed by atoms with Crippen molar-refractivity contribution in [2.75, 3.05) is 5.32 Å². The molecule has 1 atom stereocenters. The third kappa shape index (κ3) is 3.43. The maximum Gasteiger partial charge on any atom is 0.325 e. The summed E-state index contributed by atoms with van der Waals surface area (Å²) in [5.41, 5.74) is 0.847. The van der Waals surface area contributed by atoms with Crippen LogP contribution in [0, 0.1) is 0 Å². The van der Waals surface area contributed by atoms with Gasteiger partial charge in [0.15, 0.2) is 5.82 Å². The van der Waals surface area contributed by atoms with E-state index in [4.69, 9.17) is 0 Å². The van der Waals surface area contributed by atoms with Gasteiger partial charge in [0.05, 0.1) is 13.0 Å². The molecular weight excluding hydrogens is 310 g/mol. The second-order valence-electron chi connectivity index (χ2n) is 5.54. The quantitative estimate of drug-likeness (QED) is 0.796. The van der Waals surface area contributed by atoms with Gasteiger partial charge >= 0.3 is 6.03 Å². The van der Waals surface area contributed by atoms with Crippen molar-refractivity contribution in [1.82, 2.24) is 20.0 Å². The number of aryl methyl sites for hydroxylation is 1. The van der Waals surface area contributed by atoms with E-state index >= 15 is 0 Å². The molecular formula is C16H17N5O3. The van der Waals surface area contributed by atoms with Gasteiger partial charge in [-0.2, -0.15) is 5.10 Å². The lowest BCUT2D eigenvalue weighted by Crippen LogP contribution is -2.34. The van der Waals surface area contributed by atoms with Crippen molar-refractivity contribution in [1.29, 1.82) is 0 Å². The van der Waals surface area contributed by atoms with E-state index < -0.39 is 18.0 Å². The van der Waals surface area contributed by atoms with Crippen LogP contribution in [0.25, 0.3) is 0 Å². The molecule has 2 N–H and O–H groups in total. The van der Waals surface area contributed by atoms with Crippen LogP contribution in [0.15, 0.2) is 42.6 Å².